The molecule has 0 bridgehead atoms. The smallest absolute Gasteiger partial charge is 0.254 e. The summed E-state index contributed by atoms with van der Waals surface area (Å²) in [6, 6.07) is 16.5. The van der Waals surface area contributed by atoms with Crippen molar-refractivity contribution in [2.75, 3.05) is 25.4 Å². The van der Waals surface area contributed by atoms with E-state index in [4.69, 9.17) is 5.73 Å². The zero-order chi connectivity index (χ0) is 23.6. The van der Waals surface area contributed by atoms with Gasteiger partial charge in [0.1, 0.15) is 0 Å². The van der Waals surface area contributed by atoms with E-state index in [0.29, 0.717) is 6.54 Å². The molecule has 1 fully saturated rings. The minimum absolute atomic E-state index is 0.146. The van der Waals surface area contributed by atoms with Crippen LogP contribution in [-0.4, -0.2) is 41.4 Å². The van der Waals surface area contributed by atoms with E-state index < -0.39 is 0 Å². The van der Waals surface area contributed by atoms with E-state index in [1.165, 1.54) is 31.2 Å². The van der Waals surface area contributed by atoms with Crippen LogP contribution < -0.4 is 5.73 Å². The molecule has 3 rings (SSSR count). The maximum atomic E-state index is 13.7. The molecule has 1 aliphatic rings. The number of hydrogen-bond donors (Lipinski definition) is 1. The summed E-state index contributed by atoms with van der Waals surface area (Å²) in [5.74, 6) is 0.879. The highest BCUT2D eigenvalue weighted by molar-refractivity contribution is 5.94. The maximum absolute atomic E-state index is 13.7. The third kappa shape index (κ3) is 7.89. The Balaban J connectivity index is 1.70. The number of rotatable bonds is 11. The van der Waals surface area contributed by atoms with Crippen molar-refractivity contribution in [3.05, 3.63) is 65.2 Å². The molecule has 4 nitrogen and oxygen atoms in total. The zero-order valence-corrected chi connectivity index (χ0v) is 20.9. The van der Waals surface area contributed by atoms with E-state index in [1.54, 1.807) is 0 Å². The number of aryl methyl sites for hydroxylation is 1. The number of unbranched alkanes of at least 4 members (excludes halogenated alkanes) is 2. The van der Waals surface area contributed by atoms with Gasteiger partial charge in [0.2, 0.25) is 0 Å². The Kier molecular flexibility index (Phi) is 9.80. The third-order valence-corrected chi connectivity index (χ3v) is 6.88. The summed E-state index contributed by atoms with van der Waals surface area (Å²) in [6.45, 7) is 10.7. The van der Waals surface area contributed by atoms with Gasteiger partial charge in [0.15, 0.2) is 0 Å². The highest BCUT2D eigenvalue weighted by Gasteiger charge is 2.28. The van der Waals surface area contributed by atoms with Crippen molar-refractivity contribution in [2.45, 2.75) is 78.3 Å². The van der Waals surface area contributed by atoms with Gasteiger partial charge < -0.3 is 15.5 Å². The lowest BCUT2D eigenvalue weighted by Crippen LogP contribution is -2.47. The average molecular weight is 450 g/mol. The van der Waals surface area contributed by atoms with Gasteiger partial charge in [-0.25, -0.2) is 0 Å². The fourth-order valence-corrected chi connectivity index (χ4v) is 4.64. The number of carbonyl (C=O) groups excluding carboxylic acids is 1. The van der Waals surface area contributed by atoms with Crippen molar-refractivity contribution in [3.63, 3.8) is 0 Å². The van der Waals surface area contributed by atoms with Gasteiger partial charge in [-0.1, -0.05) is 57.9 Å². The van der Waals surface area contributed by atoms with Gasteiger partial charge >= 0.3 is 0 Å². The first-order chi connectivity index (χ1) is 16.0. The highest BCUT2D eigenvalue weighted by atomic mass is 16.2. The van der Waals surface area contributed by atoms with Crippen LogP contribution in [0, 0.1) is 5.92 Å². The van der Waals surface area contributed by atoms with E-state index in [2.05, 4.69) is 42.7 Å². The van der Waals surface area contributed by atoms with E-state index >= 15 is 0 Å². The standard InChI is InChI=1S/C29H43N3O/c1-4-5-6-7-24-8-12-26(13-9-24)29(33)32(22-25-10-14-27(30)15-11-25)28-17-20-31(21-18-28)19-16-23(2)3/h8-15,23,28H,4-7,16-22,30H2,1-3H3. The van der Waals surface area contributed by atoms with Gasteiger partial charge in [0, 0.05) is 36.9 Å². The second kappa shape index (κ2) is 12.8. The number of piperidine rings is 1. The van der Waals surface area contributed by atoms with Crippen LogP contribution in [0.3, 0.4) is 0 Å². The second-order valence-corrected chi connectivity index (χ2v) is 10.1. The molecule has 33 heavy (non-hydrogen) atoms. The Morgan fingerprint density at radius 2 is 1.64 bits per heavy atom. The molecule has 0 saturated carbocycles. The minimum Gasteiger partial charge on any atom is -0.399 e. The van der Waals surface area contributed by atoms with Crippen molar-refractivity contribution in [1.82, 2.24) is 9.80 Å². The number of nitrogens with two attached hydrogens (primary N) is 1. The Morgan fingerprint density at radius 1 is 1.00 bits per heavy atom. The number of nitrogen functional groups attached to an aromatic ring is 1. The summed E-state index contributed by atoms with van der Waals surface area (Å²) >= 11 is 0. The lowest BCUT2D eigenvalue weighted by molar-refractivity contribution is 0.0546. The van der Waals surface area contributed by atoms with E-state index in [-0.39, 0.29) is 11.9 Å². The Hall–Kier alpha value is -2.33. The average Bonchev–Trinajstić information content (AvgIpc) is 2.83. The first-order valence-corrected chi connectivity index (χ1v) is 12.9. The zero-order valence-electron chi connectivity index (χ0n) is 20.9. The van der Waals surface area contributed by atoms with Crippen LogP contribution in [0.2, 0.25) is 0 Å². The van der Waals surface area contributed by atoms with Crippen LogP contribution in [-0.2, 0) is 13.0 Å². The van der Waals surface area contributed by atoms with Crippen LogP contribution in [0.4, 0.5) is 5.69 Å². The molecule has 1 aliphatic heterocycles. The first-order valence-electron chi connectivity index (χ1n) is 12.9. The number of carbonyl (C=O) groups is 1. The SMILES string of the molecule is CCCCCc1ccc(C(=O)N(Cc2ccc(N)cc2)C2CCN(CCC(C)C)CC2)cc1. The number of nitrogens with zero attached hydrogens (tertiary/aromatic N) is 2. The van der Waals surface area contributed by atoms with Gasteiger partial charge in [0.05, 0.1) is 0 Å². The monoisotopic (exact) mass is 449 g/mol. The molecule has 0 atom stereocenters. The number of hydrogen-bond acceptors (Lipinski definition) is 3. The van der Waals surface area contributed by atoms with Crippen molar-refractivity contribution in [2.24, 2.45) is 5.92 Å². The molecule has 2 N–H and O–H groups in total. The fraction of sp³-hybridized carbons (Fsp3) is 0.552. The van der Waals surface area contributed by atoms with E-state index in [9.17, 15) is 4.79 Å². The first kappa shape index (κ1) is 25.3. The van der Waals surface area contributed by atoms with Crippen molar-refractivity contribution in [3.8, 4) is 0 Å². The predicted octanol–water partition coefficient (Wildman–Crippen LogP) is 6.15. The van der Waals surface area contributed by atoms with Gasteiger partial charge in [-0.2, -0.15) is 0 Å². The largest absolute Gasteiger partial charge is 0.399 e. The number of anilines is 1. The van der Waals surface area contributed by atoms with Crippen LogP contribution >= 0.6 is 0 Å². The van der Waals surface area contributed by atoms with Crippen LogP contribution in [0.25, 0.3) is 0 Å². The number of benzene rings is 2. The molecule has 0 radical (unpaired) electrons. The van der Waals surface area contributed by atoms with Crippen molar-refractivity contribution < 1.29 is 4.79 Å². The molecule has 1 heterocycles. The Labute approximate surface area is 201 Å². The molecule has 0 aliphatic carbocycles. The highest BCUT2D eigenvalue weighted by Crippen LogP contribution is 2.23. The molecule has 0 unspecified atom stereocenters. The lowest BCUT2D eigenvalue weighted by Gasteiger charge is -2.39. The third-order valence-electron chi connectivity index (χ3n) is 6.88. The minimum atomic E-state index is 0.146. The topological polar surface area (TPSA) is 49.6 Å². The molecule has 1 saturated heterocycles. The van der Waals surface area contributed by atoms with Crippen molar-refractivity contribution >= 4 is 11.6 Å². The van der Waals surface area contributed by atoms with Gasteiger partial charge in [-0.05, 0) is 80.0 Å². The predicted molar refractivity (Wildman–Crippen MR) is 139 cm³/mol. The maximum Gasteiger partial charge on any atom is 0.254 e. The van der Waals surface area contributed by atoms with Crippen LogP contribution in [0.1, 0.15) is 80.8 Å². The molecule has 1 amide bonds. The quantitative estimate of drug-likeness (QED) is 0.330. The lowest BCUT2D eigenvalue weighted by atomic mass is 9.99. The summed E-state index contributed by atoms with van der Waals surface area (Å²) in [5, 5.41) is 0. The Bertz CT molecular complexity index is 836. The van der Waals surface area contributed by atoms with Crippen LogP contribution in [0.15, 0.2) is 48.5 Å². The molecule has 180 valence electrons. The molecular weight excluding hydrogens is 406 g/mol. The van der Waals surface area contributed by atoms with Gasteiger partial charge in [0.25, 0.3) is 5.91 Å². The molecule has 2 aromatic carbocycles. The summed E-state index contributed by atoms with van der Waals surface area (Å²) < 4.78 is 0. The molecule has 2 aromatic rings. The van der Waals surface area contributed by atoms with Gasteiger partial charge in [-0.15, -0.1) is 0 Å². The summed E-state index contributed by atoms with van der Waals surface area (Å²) in [4.78, 5) is 18.3. The molecule has 4 heteroatoms. The number of amides is 1. The fourth-order valence-electron chi connectivity index (χ4n) is 4.64. The number of likely N-dealkylation sites (tertiary alicyclic amines) is 1. The second-order valence-electron chi connectivity index (χ2n) is 10.1. The summed E-state index contributed by atoms with van der Waals surface area (Å²) in [5.41, 5.74) is 9.90. The summed E-state index contributed by atoms with van der Waals surface area (Å²) in [6.07, 6.45) is 8.10. The molecule has 0 aromatic heterocycles. The normalized spacial score (nSPS) is 15.2. The molecular formula is C29H43N3O. The van der Waals surface area contributed by atoms with Gasteiger partial charge in [-0.3, -0.25) is 4.79 Å². The van der Waals surface area contributed by atoms with E-state index in [1.807, 2.05) is 36.4 Å². The van der Waals surface area contributed by atoms with Crippen molar-refractivity contribution in [1.29, 1.82) is 0 Å². The van der Waals surface area contributed by atoms with E-state index in [0.717, 1.165) is 61.6 Å². The Morgan fingerprint density at radius 3 is 2.24 bits per heavy atom. The summed E-state index contributed by atoms with van der Waals surface area (Å²) in [7, 11) is 0. The van der Waals surface area contributed by atoms with Crippen LogP contribution in [0.5, 0.6) is 0 Å². The molecule has 0 spiro atoms.